The first-order valence-corrected chi connectivity index (χ1v) is 12.8. The molecule has 0 N–H and O–H groups in total. The van der Waals surface area contributed by atoms with Gasteiger partial charge in [-0.3, -0.25) is 19.1 Å². The van der Waals surface area contributed by atoms with Crippen molar-refractivity contribution in [3.05, 3.63) is 67.8 Å². The summed E-state index contributed by atoms with van der Waals surface area (Å²) < 4.78 is 2.11. The van der Waals surface area contributed by atoms with Crippen LogP contribution in [-0.4, -0.2) is 39.3 Å². The van der Waals surface area contributed by atoms with Gasteiger partial charge >= 0.3 is 0 Å². The predicted molar refractivity (Wildman–Crippen MR) is 142 cm³/mol. The Morgan fingerprint density at radius 1 is 1.15 bits per heavy atom. The monoisotopic (exact) mass is 492 g/mol. The minimum Gasteiger partial charge on any atom is -0.357 e. The fraction of sp³-hybridized carbons (Fsp3) is 0.385. The number of aromatic nitrogens is 1. The van der Waals surface area contributed by atoms with Gasteiger partial charge in [0.15, 0.2) is 0 Å². The van der Waals surface area contributed by atoms with E-state index in [1.54, 1.807) is 23.4 Å². The molecule has 2 saturated heterocycles. The van der Waals surface area contributed by atoms with E-state index in [1.165, 1.54) is 17.3 Å². The van der Waals surface area contributed by atoms with Crippen LogP contribution in [0.5, 0.6) is 0 Å². The van der Waals surface area contributed by atoms with Gasteiger partial charge in [-0.25, -0.2) is 0 Å². The molecule has 0 spiro atoms. The second-order valence-corrected chi connectivity index (χ2v) is 10.4. The Morgan fingerprint density at radius 2 is 1.85 bits per heavy atom. The number of hydrogen-bond acceptors (Lipinski definition) is 6. The summed E-state index contributed by atoms with van der Waals surface area (Å²) in [6.45, 7) is 4.05. The van der Waals surface area contributed by atoms with Gasteiger partial charge in [-0.15, -0.1) is 0 Å². The van der Waals surface area contributed by atoms with Crippen molar-refractivity contribution in [2.45, 2.75) is 39.0 Å². The second-order valence-electron chi connectivity index (χ2n) is 8.68. The number of thiocarbonyl (C=S) groups is 1. The first-order chi connectivity index (χ1) is 16.4. The standard InChI is InChI=1S/C26H28N4O2S2/c1-18-20(23(29-13-7-4-8-14-29)28(2)24(31)21(18)17-27)16-22-25(32)30(26(33)34-22)15-9-12-19-10-5-3-6-11-19/h3,5-6,10-11,16H,4,7-9,12-15H2,1-2H3/b22-16-. The quantitative estimate of drug-likeness (QED) is 0.440. The Labute approximate surface area is 209 Å². The summed E-state index contributed by atoms with van der Waals surface area (Å²) in [7, 11) is 1.71. The highest BCUT2D eigenvalue weighted by atomic mass is 32.2. The molecule has 176 valence electrons. The van der Waals surface area contributed by atoms with Gasteiger partial charge in [0.05, 0.1) is 4.91 Å². The highest BCUT2D eigenvalue weighted by Crippen LogP contribution is 2.36. The summed E-state index contributed by atoms with van der Waals surface area (Å²) in [5.74, 6) is 0.662. The second kappa shape index (κ2) is 10.6. The molecule has 0 bridgehead atoms. The van der Waals surface area contributed by atoms with Gasteiger partial charge in [0.1, 0.15) is 21.8 Å². The molecule has 1 aromatic carbocycles. The minimum atomic E-state index is -0.300. The van der Waals surface area contributed by atoms with Crippen LogP contribution in [0.2, 0.25) is 0 Å². The number of rotatable bonds is 6. The zero-order chi connectivity index (χ0) is 24.2. The van der Waals surface area contributed by atoms with E-state index >= 15 is 0 Å². The first kappa shape index (κ1) is 24.2. The summed E-state index contributed by atoms with van der Waals surface area (Å²) in [5, 5.41) is 9.64. The smallest absolute Gasteiger partial charge is 0.270 e. The van der Waals surface area contributed by atoms with Crippen LogP contribution < -0.4 is 10.5 Å². The van der Waals surface area contributed by atoms with Gasteiger partial charge in [0, 0.05) is 32.2 Å². The largest absolute Gasteiger partial charge is 0.357 e. The maximum Gasteiger partial charge on any atom is 0.270 e. The molecule has 2 aliphatic heterocycles. The molecule has 0 radical (unpaired) electrons. The Bertz CT molecular complexity index is 1240. The fourth-order valence-corrected chi connectivity index (χ4v) is 5.90. The van der Waals surface area contributed by atoms with Crippen molar-refractivity contribution in [2.24, 2.45) is 7.05 Å². The van der Waals surface area contributed by atoms with E-state index in [2.05, 4.69) is 23.1 Å². The van der Waals surface area contributed by atoms with Crippen LogP contribution in [0.1, 0.15) is 47.9 Å². The average molecular weight is 493 g/mol. The number of nitriles is 1. The van der Waals surface area contributed by atoms with Gasteiger partial charge < -0.3 is 4.90 Å². The van der Waals surface area contributed by atoms with Crippen LogP contribution in [-0.2, 0) is 18.3 Å². The summed E-state index contributed by atoms with van der Waals surface area (Å²) in [6, 6.07) is 12.3. The van der Waals surface area contributed by atoms with E-state index in [4.69, 9.17) is 12.2 Å². The zero-order valence-electron chi connectivity index (χ0n) is 19.5. The molecule has 0 aliphatic carbocycles. The van der Waals surface area contributed by atoms with Gasteiger partial charge in [-0.05, 0) is 56.2 Å². The van der Waals surface area contributed by atoms with Crippen LogP contribution in [0, 0.1) is 18.3 Å². The molecule has 6 nitrogen and oxygen atoms in total. The maximum atomic E-state index is 13.3. The number of benzene rings is 1. The molecule has 1 aromatic heterocycles. The van der Waals surface area contributed by atoms with E-state index in [1.807, 2.05) is 24.3 Å². The molecule has 3 heterocycles. The molecule has 2 aliphatic rings. The van der Waals surface area contributed by atoms with Gasteiger partial charge in [0.2, 0.25) is 0 Å². The van der Waals surface area contributed by atoms with E-state index in [9.17, 15) is 14.9 Å². The average Bonchev–Trinajstić information content (AvgIpc) is 3.11. The number of carbonyl (C=O) groups is 1. The summed E-state index contributed by atoms with van der Waals surface area (Å²) in [5.41, 5.74) is 2.42. The van der Waals surface area contributed by atoms with Crippen LogP contribution in [0.15, 0.2) is 40.0 Å². The van der Waals surface area contributed by atoms with E-state index < -0.39 is 0 Å². The normalized spacial score (nSPS) is 17.5. The maximum absolute atomic E-state index is 13.3. The number of aryl methyl sites for hydroxylation is 1. The van der Waals surface area contributed by atoms with Crippen molar-refractivity contribution in [1.29, 1.82) is 5.26 Å². The number of carbonyl (C=O) groups excluding carboxylic acids is 1. The Morgan fingerprint density at radius 3 is 2.53 bits per heavy atom. The molecule has 0 atom stereocenters. The highest BCUT2D eigenvalue weighted by Gasteiger charge is 2.33. The van der Waals surface area contributed by atoms with Crippen molar-refractivity contribution in [3.63, 3.8) is 0 Å². The number of piperidine rings is 1. The van der Waals surface area contributed by atoms with E-state index in [-0.39, 0.29) is 17.0 Å². The van der Waals surface area contributed by atoms with Gasteiger partial charge in [-0.1, -0.05) is 54.3 Å². The SMILES string of the molecule is Cc1c(/C=C2\SC(=S)N(CCCc3ccccc3)C2=O)c(N2CCCCC2)n(C)c(=O)c1C#N. The highest BCUT2D eigenvalue weighted by molar-refractivity contribution is 8.26. The molecule has 2 fully saturated rings. The Balaban J connectivity index is 1.64. The van der Waals surface area contributed by atoms with Crippen molar-refractivity contribution in [2.75, 3.05) is 24.5 Å². The fourth-order valence-electron chi connectivity index (χ4n) is 4.61. The molecule has 4 rings (SSSR count). The molecule has 0 saturated carbocycles. The number of hydrogen-bond donors (Lipinski definition) is 0. The van der Waals surface area contributed by atoms with Crippen LogP contribution in [0.3, 0.4) is 0 Å². The predicted octanol–water partition coefficient (Wildman–Crippen LogP) is 4.39. The van der Waals surface area contributed by atoms with Gasteiger partial charge in [-0.2, -0.15) is 5.26 Å². The van der Waals surface area contributed by atoms with Gasteiger partial charge in [0.25, 0.3) is 11.5 Å². The Hall–Kier alpha value is -2.89. The number of pyridine rings is 1. The van der Waals surface area contributed by atoms with E-state index in [0.29, 0.717) is 21.3 Å². The first-order valence-electron chi connectivity index (χ1n) is 11.6. The molecule has 34 heavy (non-hydrogen) atoms. The number of thioether (sulfide) groups is 1. The van der Waals surface area contributed by atoms with Crippen molar-refractivity contribution in [1.82, 2.24) is 9.47 Å². The number of anilines is 1. The molecule has 2 aromatic rings. The molecular weight excluding hydrogens is 464 g/mol. The molecule has 1 amide bonds. The Kier molecular flexibility index (Phi) is 7.54. The lowest BCUT2D eigenvalue weighted by Gasteiger charge is -2.32. The van der Waals surface area contributed by atoms with Crippen molar-refractivity contribution in [3.8, 4) is 6.07 Å². The number of amides is 1. The lowest BCUT2D eigenvalue weighted by atomic mass is 10.0. The summed E-state index contributed by atoms with van der Waals surface area (Å²) >= 11 is 6.83. The van der Waals surface area contributed by atoms with E-state index in [0.717, 1.165) is 56.6 Å². The summed E-state index contributed by atoms with van der Waals surface area (Å²) in [6.07, 6.45) is 6.79. The zero-order valence-corrected chi connectivity index (χ0v) is 21.2. The molecule has 0 unspecified atom stereocenters. The molecular formula is C26H28N4O2S2. The minimum absolute atomic E-state index is 0.112. The van der Waals surface area contributed by atoms with Crippen molar-refractivity contribution >= 4 is 46.1 Å². The summed E-state index contributed by atoms with van der Waals surface area (Å²) in [4.78, 5) is 30.5. The third-order valence-corrected chi connectivity index (χ3v) is 7.84. The van der Waals surface area contributed by atoms with Crippen LogP contribution >= 0.6 is 24.0 Å². The third-order valence-electron chi connectivity index (χ3n) is 6.46. The topological polar surface area (TPSA) is 69.3 Å². The van der Waals surface area contributed by atoms with Crippen molar-refractivity contribution < 1.29 is 4.79 Å². The lowest BCUT2D eigenvalue weighted by Crippen LogP contribution is -2.36. The van der Waals surface area contributed by atoms with Crippen LogP contribution in [0.4, 0.5) is 5.82 Å². The third kappa shape index (κ3) is 4.82. The lowest BCUT2D eigenvalue weighted by molar-refractivity contribution is -0.122. The molecule has 8 heteroatoms. The number of nitrogens with zero attached hydrogens (tertiary/aromatic N) is 4. The van der Waals surface area contributed by atoms with Crippen LogP contribution in [0.25, 0.3) is 6.08 Å².